The van der Waals surface area contributed by atoms with Crippen molar-refractivity contribution in [1.82, 2.24) is 4.98 Å². The molecule has 0 saturated carbocycles. The van der Waals surface area contributed by atoms with E-state index < -0.39 is 22.7 Å². The van der Waals surface area contributed by atoms with Crippen LogP contribution < -0.4 is 10.1 Å². The predicted octanol–water partition coefficient (Wildman–Crippen LogP) is 5.68. The Morgan fingerprint density at radius 1 is 1.11 bits per heavy atom. The van der Waals surface area contributed by atoms with Crippen molar-refractivity contribution in [2.75, 3.05) is 12.4 Å². The van der Waals surface area contributed by atoms with Crippen molar-refractivity contribution in [2.45, 2.75) is 6.18 Å². The fourth-order valence-corrected chi connectivity index (χ4v) is 2.80. The number of amides is 1. The highest BCUT2D eigenvalue weighted by atomic mass is 35.5. The van der Waals surface area contributed by atoms with Crippen molar-refractivity contribution in [2.24, 2.45) is 0 Å². The van der Waals surface area contributed by atoms with Crippen LogP contribution in [0.5, 0.6) is 5.75 Å². The Hall–Kier alpha value is -3.06. The second-order valence-electron chi connectivity index (χ2n) is 5.78. The SMILES string of the molecule is COc1cccnc1-c1ccc(C(=O)Nc2ccc(Cl)c(C(F)(F)F)c2)cc1. The molecule has 1 heterocycles. The molecule has 144 valence electrons. The minimum absolute atomic E-state index is 0.00260. The molecule has 2 aromatic carbocycles. The van der Waals surface area contributed by atoms with E-state index in [1.54, 1.807) is 42.6 Å². The van der Waals surface area contributed by atoms with Gasteiger partial charge in [-0.15, -0.1) is 0 Å². The number of methoxy groups -OCH3 is 1. The highest BCUT2D eigenvalue weighted by molar-refractivity contribution is 6.31. The summed E-state index contributed by atoms with van der Waals surface area (Å²) in [6.07, 6.45) is -2.99. The lowest BCUT2D eigenvalue weighted by atomic mass is 10.1. The number of alkyl halides is 3. The Morgan fingerprint density at radius 3 is 2.46 bits per heavy atom. The zero-order chi connectivity index (χ0) is 20.3. The highest BCUT2D eigenvalue weighted by Gasteiger charge is 2.33. The Kier molecular flexibility index (Phi) is 5.56. The molecule has 0 aliphatic rings. The molecule has 0 unspecified atom stereocenters. The van der Waals surface area contributed by atoms with E-state index in [2.05, 4.69) is 10.3 Å². The van der Waals surface area contributed by atoms with Crippen LogP contribution in [0.2, 0.25) is 5.02 Å². The zero-order valence-corrected chi connectivity index (χ0v) is 15.3. The Balaban J connectivity index is 1.81. The van der Waals surface area contributed by atoms with Crippen molar-refractivity contribution in [1.29, 1.82) is 0 Å². The van der Waals surface area contributed by atoms with E-state index >= 15 is 0 Å². The summed E-state index contributed by atoms with van der Waals surface area (Å²) in [5, 5.41) is 2.01. The third kappa shape index (κ3) is 4.26. The lowest BCUT2D eigenvalue weighted by Gasteiger charge is -2.12. The van der Waals surface area contributed by atoms with Crippen LogP contribution in [-0.2, 0) is 6.18 Å². The van der Waals surface area contributed by atoms with E-state index in [1.165, 1.54) is 13.2 Å². The van der Waals surface area contributed by atoms with E-state index in [4.69, 9.17) is 16.3 Å². The normalized spacial score (nSPS) is 11.2. The Labute approximate surface area is 163 Å². The maximum atomic E-state index is 12.9. The van der Waals surface area contributed by atoms with Gasteiger partial charge in [0.25, 0.3) is 5.91 Å². The van der Waals surface area contributed by atoms with Crippen molar-refractivity contribution in [3.05, 3.63) is 76.9 Å². The third-order valence-corrected chi connectivity index (χ3v) is 4.27. The van der Waals surface area contributed by atoms with Gasteiger partial charge in [-0.05, 0) is 42.5 Å². The average Bonchev–Trinajstić information content (AvgIpc) is 2.68. The molecule has 0 radical (unpaired) electrons. The van der Waals surface area contributed by atoms with Crippen molar-refractivity contribution >= 4 is 23.2 Å². The van der Waals surface area contributed by atoms with Crippen molar-refractivity contribution in [3.8, 4) is 17.0 Å². The number of hydrogen-bond acceptors (Lipinski definition) is 3. The molecule has 4 nitrogen and oxygen atoms in total. The largest absolute Gasteiger partial charge is 0.494 e. The molecule has 0 bridgehead atoms. The molecule has 0 saturated heterocycles. The second kappa shape index (κ2) is 7.90. The first-order chi connectivity index (χ1) is 13.3. The second-order valence-corrected chi connectivity index (χ2v) is 6.19. The molecule has 0 aliphatic carbocycles. The standard InChI is InChI=1S/C20H14ClF3N2O2/c1-28-17-3-2-10-25-18(17)12-4-6-13(7-5-12)19(27)26-14-8-9-16(21)15(11-14)20(22,23)24/h2-11H,1H3,(H,26,27). The van der Waals surface area contributed by atoms with Gasteiger partial charge in [-0.25, -0.2) is 0 Å². The molecule has 3 aromatic rings. The Bertz CT molecular complexity index is 1010. The van der Waals surface area contributed by atoms with E-state index in [9.17, 15) is 18.0 Å². The molecule has 1 amide bonds. The molecule has 0 spiro atoms. The summed E-state index contributed by atoms with van der Waals surface area (Å²) in [7, 11) is 1.53. The first-order valence-electron chi connectivity index (χ1n) is 8.07. The number of hydrogen-bond donors (Lipinski definition) is 1. The summed E-state index contributed by atoms with van der Waals surface area (Å²) in [5.74, 6) is 0.0375. The number of nitrogens with one attached hydrogen (secondary N) is 1. The van der Waals surface area contributed by atoms with Gasteiger partial charge in [-0.3, -0.25) is 9.78 Å². The summed E-state index contributed by atoms with van der Waals surface area (Å²) >= 11 is 5.59. The molecule has 0 aliphatic heterocycles. The van der Waals surface area contributed by atoms with Crippen LogP contribution in [0.4, 0.5) is 18.9 Å². The van der Waals surface area contributed by atoms with Gasteiger partial charge in [0.15, 0.2) is 0 Å². The molecule has 1 N–H and O–H groups in total. The number of aromatic nitrogens is 1. The van der Waals surface area contributed by atoms with E-state index in [0.29, 0.717) is 11.4 Å². The summed E-state index contributed by atoms with van der Waals surface area (Å²) in [6.45, 7) is 0. The van der Waals surface area contributed by atoms with Gasteiger partial charge in [0, 0.05) is 23.0 Å². The van der Waals surface area contributed by atoms with Crippen LogP contribution in [0.3, 0.4) is 0 Å². The molecular weight excluding hydrogens is 393 g/mol. The molecular formula is C20H14ClF3N2O2. The molecule has 1 aromatic heterocycles. The van der Waals surface area contributed by atoms with Crippen molar-refractivity contribution in [3.63, 3.8) is 0 Å². The summed E-state index contributed by atoms with van der Waals surface area (Å²) in [4.78, 5) is 16.6. The number of carbonyl (C=O) groups is 1. The number of ether oxygens (including phenoxy) is 1. The van der Waals surface area contributed by atoms with Crippen LogP contribution in [0.15, 0.2) is 60.8 Å². The summed E-state index contributed by atoms with van der Waals surface area (Å²) in [5.41, 5.74) is 0.619. The number of pyridine rings is 1. The van der Waals surface area contributed by atoms with Gasteiger partial charge < -0.3 is 10.1 Å². The van der Waals surface area contributed by atoms with Gasteiger partial charge >= 0.3 is 6.18 Å². The molecule has 0 fully saturated rings. The van der Waals surface area contributed by atoms with Crippen LogP contribution in [0, 0.1) is 0 Å². The van der Waals surface area contributed by atoms with Crippen LogP contribution in [-0.4, -0.2) is 18.0 Å². The number of nitrogens with zero attached hydrogens (tertiary/aromatic N) is 1. The summed E-state index contributed by atoms with van der Waals surface area (Å²) in [6, 6.07) is 13.2. The number of carbonyl (C=O) groups excluding carboxylic acids is 1. The van der Waals surface area contributed by atoms with Crippen LogP contribution in [0.25, 0.3) is 11.3 Å². The van der Waals surface area contributed by atoms with E-state index in [0.717, 1.165) is 17.7 Å². The quantitative estimate of drug-likeness (QED) is 0.606. The van der Waals surface area contributed by atoms with Gasteiger partial charge in [0.1, 0.15) is 11.4 Å². The monoisotopic (exact) mass is 406 g/mol. The van der Waals surface area contributed by atoms with Crippen LogP contribution >= 0.6 is 11.6 Å². The fraction of sp³-hybridized carbons (Fsp3) is 0.100. The number of anilines is 1. The highest BCUT2D eigenvalue weighted by Crippen LogP contribution is 2.36. The lowest BCUT2D eigenvalue weighted by molar-refractivity contribution is -0.137. The van der Waals surface area contributed by atoms with Crippen LogP contribution in [0.1, 0.15) is 15.9 Å². The number of rotatable bonds is 4. The topological polar surface area (TPSA) is 51.2 Å². The number of halogens is 4. The minimum atomic E-state index is -4.61. The third-order valence-electron chi connectivity index (χ3n) is 3.94. The maximum absolute atomic E-state index is 12.9. The smallest absolute Gasteiger partial charge is 0.417 e. The predicted molar refractivity (Wildman–Crippen MR) is 101 cm³/mol. The minimum Gasteiger partial charge on any atom is -0.494 e. The van der Waals surface area contributed by atoms with E-state index in [1.807, 2.05) is 0 Å². The van der Waals surface area contributed by atoms with Gasteiger partial charge in [-0.2, -0.15) is 13.2 Å². The van der Waals surface area contributed by atoms with Gasteiger partial charge in [-0.1, -0.05) is 23.7 Å². The zero-order valence-electron chi connectivity index (χ0n) is 14.5. The Morgan fingerprint density at radius 2 is 1.82 bits per heavy atom. The first kappa shape index (κ1) is 19.7. The first-order valence-corrected chi connectivity index (χ1v) is 8.45. The summed E-state index contributed by atoms with van der Waals surface area (Å²) < 4.78 is 44.1. The maximum Gasteiger partial charge on any atom is 0.417 e. The van der Waals surface area contributed by atoms with E-state index in [-0.39, 0.29) is 11.3 Å². The molecule has 8 heteroatoms. The molecule has 28 heavy (non-hydrogen) atoms. The van der Waals surface area contributed by atoms with Gasteiger partial charge in [0.2, 0.25) is 0 Å². The molecule has 3 rings (SSSR count). The lowest BCUT2D eigenvalue weighted by Crippen LogP contribution is -2.13. The number of benzene rings is 2. The van der Waals surface area contributed by atoms with Gasteiger partial charge in [0.05, 0.1) is 17.7 Å². The average molecular weight is 407 g/mol. The fourth-order valence-electron chi connectivity index (χ4n) is 2.58. The molecule has 0 atom stereocenters. The van der Waals surface area contributed by atoms with Crippen molar-refractivity contribution < 1.29 is 22.7 Å².